The zero-order valence-corrected chi connectivity index (χ0v) is 12.0. The normalized spacial score (nSPS) is 16.7. The maximum absolute atomic E-state index is 13.1. The van der Waals surface area contributed by atoms with Gasteiger partial charge < -0.3 is 9.64 Å². The Morgan fingerprint density at radius 1 is 1.45 bits per heavy atom. The van der Waals surface area contributed by atoms with Crippen molar-refractivity contribution in [3.8, 4) is 0 Å². The molecule has 110 valence electrons. The molecule has 0 atom stereocenters. The smallest absolute Gasteiger partial charge is 0.255 e. The molecular formula is C15H21FN2O2. The van der Waals surface area contributed by atoms with Crippen molar-refractivity contribution >= 4 is 5.91 Å². The Labute approximate surface area is 118 Å². The molecule has 0 saturated carbocycles. The number of hydrogen-bond acceptors (Lipinski definition) is 3. The van der Waals surface area contributed by atoms with Gasteiger partial charge in [-0.15, -0.1) is 0 Å². The van der Waals surface area contributed by atoms with Crippen LogP contribution < -0.4 is 0 Å². The van der Waals surface area contributed by atoms with Crippen LogP contribution in [0.4, 0.5) is 4.39 Å². The Morgan fingerprint density at radius 3 is 2.75 bits per heavy atom. The summed E-state index contributed by atoms with van der Waals surface area (Å²) in [7, 11) is 0. The molecule has 4 nitrogen and oxygen atoms in total. The van der Waals surface area contributed by atoms with Crippen molar-refractivity contribution in [2.45, 2.75) is 32.8 Å². The molecule has 0 aromatic carbocycles. The number of ether oxygens (including phenoxy) is 1. The first-order valence-corrected chi connectivity index (χ1v) is 7.07. The molecule has 1 amide bonds. The van der Waals surface area contributed by atoms with E-state index in [4.69, 9.17) is 4.74 Å². The quantitative estimate of drug-likeness (QED) is 0.851. The standard InChI is InChI=1S/C15H21FN2O2/c1-11(2)20-10-12-3-5-18(6-4-12)15(19)13-7-14(16)9-17-8-13/h7-9,11-12H,3-6,10H2,1-2H3. The fourth-order valence-electron chi connectivity index (χ4n) is 2.34. The summed E-state index contributed by atoms with van der Waals surface area (Å²) in [5.74, 6) is -0.108. The maximum atomic E-state index is 13.1. The second-order valence-electron chi connectivity index (χ2n) is 5.51. The lowest BCUT2D eigenvalue weighted by Gasteiger charge is -2.32. The van der Waals surface area contributed by atoms with Gasteiger partial charge in [-0.2, -0.15) is 0 Å². The van der Waals surface area contributed by atoms with E-state index < -0.39 is 5.82 Å². The zero-order chi connectivity index (χ0) is 14.5. The van der Waals surface area contributed by atoms with Crippen molar-refractivity contribution in [1.29, 1.82) is 0 Å². The van der Waals surface area contributed by atoms with E-state index >= 15 is 0 Å². The molecule has 2 rings (SSSR count). The Kier molecular flexibility index (Phi) is 5.06. The fraction of sp³-hybridized carbons (Fsp3) is 0.600. The highest BCUT2D eigenvalue weighted by atomic mass is 19.1. The van der Waals surface area contributed by atoms with Gasteiger partial charge in [-0.05, 0) is 38.7 Å². The molecule has 1 fully saturated rings. The van der Waals surface area contributed by atoms with Crippen LogP contribution in [0.15, 0.2) is 18.5 Å². The van der Waals surface area contributed by atoms with Gasteiger partial charge in [0.25, 0.3) is 5.91 Å². The van der Waals surface area contributed by atoms with E-state index in [1.807, 2.05) is 13.8 Å². The molecule has 0 bridgehead atoms. The molecule has 0 spiro atoms. The first kappa shape index (κ1) is 14.9. The van der Waals surface area contributed by atoms with E-state index in [0.717, 1.165) is 25.6 Å². The highest BCUT2D eigenvalue weighted by Gasteiger charge is 2.24. The largest absolute Gasteiger partial charge is 0.379 e. The van der Waals surface area contributed by atoms with Crippen molar-refractivity contribution < 1.29 is 13.9 Å². The number of aromatic nitrogens is 1. The second kappa shape index (κ2) is 6.79. The van der Waals surface area contributed by atoms with Crippen molar-refractivity contribution in [2.75, 3.05) is 19.7 Å². The van der Waals surface area contributed by atoms with Crippen LogP contribution in [0.25, 0.3) is 0 Å². The van der Waals surface area contributed by atoms with E-state index in [0.29, 0.717) is 24.6 Å². The molecule has 0 radical (unpaired) electrons. The summed E-state index contributed by atoms with van der Waals surface area (Å²) in [6.45, 7) is 6.19. The lowest BCUT2D eigenvalue weighted by molar-refractivity contribution is 0.0286. The minimum absolute atomic E-state index is 0.139. The number of halogens is 1. The van der Waals surface area contributed by atoms with Gasteiger partial charge in [-0.25, -0.2) is 4.39 Å². The van der Waals surface area contributed by atoms with Crippen LogP contribution in [-0.2, 0) is 4.74 Å². The SMILES string of the molecule is CC(C)OCC1CCN(C(=O)c2cncc(F)c2)CC1. The van der Waals surface area contributed by atoms with E-state index in [-0.39, 0.29) is 12.0 Å². The fourth-order valence-corrected chi connectivity index (χ4v) is 2.34. The van der Waals surface area contributed by atoms with Gasteiger partial charge in [-0.3, -0.25) is 9.78 Å². The zero-order valence-electron chi connectivity index (χ0n) is 12.0. The number of likely N-dealkylation sites (tertiary alicyclic amines) is 1. The summed E-state index contributed by atoms with van der Waals surface area (Å²) in [6.07, 6.45) is 4.63. The Bertz CT molecular complexity index is 457. The third kappa shape index (κ3) is 4.00. The average Bonchev–Trinajstić information content (AvgIpc) is 2.45. The van der Waals surface area contributed by atoms with Crippen LogP contribution in [0.2, 0.25) is 0 Å². The molecule has 5 heteroatoms. The molecule has 2 heterocycles. The van der Waals surface area contributed by atoms with Gasteiger partial charge in [0.15, 0.2) is 0 Å². The number of hydrogen-bond donors (Lipinski definition) is 0. The minimum Gasteiger partial charge on any atom is -0.379 e. The number of rotatable bonds is 4. The van der Waals surface area contributed by atoms with Gasteiger partial charge in [0, 0.05) is 25.9 Å². The van der Waals surface area contributed by atoms with Gasteiger partial charge in [0.2, 0.25) is 0 Å². The number of amides is 1. The molecule has 0 aliphatic carbocycles. The van der Waals surface area contributed by atoms with E-state index in [2.05, 4.69) is 4.98 Å². The highest BCUT2D eigenvalue weighted by Crippen LogP contribution is 2.19. The van der Waals surface area contributed by atoms with Gasteiger partial charge in [0.05, 0.1) is 17.9 Å². The van der Waals surface area contributed by atoms with Crippen LogP contribution in [0.5, 0.6) is 0 Å². The topological polar surface area (TPSA) is 42.4 Å². The summed E-state index contributed by atoms with van der Waals surface area (Å²) in [5, 5.41) is 0. The highest BCUT2D eigenvalue weighted by molar-refractivity contribution is 5.93. The molecule has 1 aliphatic heterocycles. The van der Waals surface area contributed by atoms with Gasteiger partial charge >= 0.3 is 0 Å². The number of pyridine rings is 1. The summed E-state index contributed by atoms with van der Waals surface area (Å²) < 4.78 is 18.7. The lowest BCUT2D eigenvalue weighted by atomic mass is 9.97. The predicted molar refractivity (Wildman–Crippen MR) is 73.9 cm³/mol. The third-order valence-electron chi connectivity index (χ3n) is 3.52. The van der Waals surface area contributed by atoms with Crippen molar-refractivity contribution in [3.05, 3.63) is 29.8 Å². The Balaban J connectivity index is 1.86. The van der Waals surface area contributed by atoms with E-state index in [1.54, 1.807) is 4.90 Å². The first-order chi connectivity index (χ1) is 9.56. The van der Waals surface area contributed by atoms with Crippen LogP contribution in [-0.4, -0.2) is 41.6 Å². The summed E-state index contributed by atoms with van der Waals surface area (Å²) in [6, 6.07) is 1.24. The van der Waals surface area contributed by atoms with Crippen LogP contribution in [0.1, 0.15) is 37.0 Å². The number of carbonyl (C=O) groups is 1. The Morgan fingerprint density at radius 2 is 2.15 bits per heavy atom. The first-order valence-electron chi connectivity index (χ1n) is 7.07. The lowest BCUT2D eigenvalue weighted by Crippen LogP contribution is -2.39. The summed E-state index contributed by atoms with van der Waals surface area (Å²) >= 11 is 0. The number of piperidine rings is 1. The maximum Gasteiger partial charge on any atom is 0.255 e. The van der Waals surface area contributed by atoms with Gasteiger partial charge in [0.1, 0.15) is 5.82 Å². The Hall–Kier alpha value is -1.49. The molecule has 1 aliphatic rings. The van der Waals surface area contributed by atoms with Crippen LogP contribution >= 0.6 is 0 Å². The monoisotopic (exact) mass is 280 g/mol. The van der Waals surface area contributed by atoms with Crippen LogP contribution in [0.3, 0.4) is 0 Å². The number of nitrogens with zero attached hydrogens (tertiary/aromatic N) is 2. The second-order valence-corrected chi connectivity index (χ2v) is 5.51. The molecule has 20 heavy (non-hydrogen) atoms. The third-order valence-corrected chi connectivity index (χ3v) is 3.52. The summed E-state index contributed by atoms with van der Waals surface area (Å²) in [4.78, 5) is 17.7. The molecule has 1 saturated heterocycles. The molecule has 1 aromatic rings. The average molecular weight is 280 g/mol. The molecular weight excluding hydrogens is 259 g/mol. The minimum atomic E-state index is -0.476. The van der Waals surface area contributed by atoms with E-state index in [1.165, 1.54) is 12.3 Å². The molecule has 1 aromatic heterocycles. The van der Waals surface area contributed by atoms with Crippen molar-refractivity contribution in [3.63, 3.8) is 0 Å². The predicted octanol–water partition coefficient (Wildman–Crippen LogP) is 2.50. The summed E-state index contributed by atoms with van der Waals surface area (Å²) in [5.41, 5.74) is 0.321. The van der Waals surface area contributed by atoms with Crippen molar-refractivity contribution in [1.82, 2.24) is 9.88 Å². The van der Waals surface area contributed by atoms with Crippen molar-refractivity contribution in [2.24, 2.45) is 5.92 Å². The molecule has 0 N–H and O–H groups in total. The van der Waals surface area contributed by atoms with E-state index in [9.17, 15) is 9.18 Å². The molecule has 0 unspecified atom stereocenters. The van der Waals surface area contributed by atoms with Gasteiger partial charge in [-0.1, -0.05) is 0 Å². The van der Waals surface area contributed by atoms with Crippen LogP contribution in [0, 0.1) is 11.7 Å². The number of carbonyl (C=O) groups excluding carboxylic acids is 1.